The molecule has 0 unspecified atom stereocenters. The van der Waals surface area contributed by atoms with Gasteiger partial charge in [-0.2, -0.15) is 0 Å². The minimum Gasteiger partial charge on any atom is -0.394 e. The summed E-state index contributed by atoms with van der Waals surface area (Å²) in [6.45, 7) is 2.95. The van der Waals surface area contributed by atoms with Crippen molar-refractivity contribution in [3.8, 4) is 0 Å². The van der Waals surface area contributed by atoms with Gasteiger partial charge in [-0.1, -0.05) is 0 Å². The molecule has 0 spiro atoms. The number of aryl methyl sites for hydroxylation is 1. The molecule has 2 aromatic rings. The molecule has 0 fully saturated rings. The maximum atomic E-state index is 11.9. The maximum Gasteiger partial charge on any atom is 0.251 e. The number of hydrogen-bond donors (Lipinski definition) is 3. The second-order valence-electron chi connectivity index (χ2n) is 4.15. The number of H-pyrrole nitrogens is 1. The van der Waals surface area contributed by atoms with Crippen molar-refractivity contribution in [2.75, 3.05) is 26.4 Å². The summed E-state index contributed by atoms with van der Waals surface area (Å²) in [7, 11) is 0. The maximum absolute atomic E-state index is 11.9. The molecule has 0 bridgehead atoms. The van der Waals surface area contributed by atoms with E-state index in [9.17, 15) is 4.79 Å². The van der Waals surface area contributed by atoms with Crippen LogP contribution in [0.5, 0.6) is 0 Å². The first-order valence-corrected chi connectivity index (χ1v) is 6.14. The molecule has 6 heteroatoms. The van der Waals surface area contributed by atoms with Crippen LogP contribution >= 0.6 is 0 Å². The predicted molar refractivity (Wildman–Crippen MR) is 71.1 cm³/mol. The highest BCUT2D eigenvalue weighted by Crippen LogP contribution is 2.13. The number of rotatable bonds is 6. The molecule has 19 heavy (non-hydrogen) atoms. The number of imidazole rings is 1. The van der Waals surface area contributed by atoms with Crippen LogP contribution in [0.4, 0.5) is 0 Å². The summed E-state index contributed by atoms with van der Waals surface area (Å²) in [5, 5.41) is 11.3. The molecule has 2 rings (SSSR count). The Morgan fingerprint density at radius 3 is 3.11 bits per heavy atom. The quantitative estimate of drug-likeness (QED) is 0.666. The third kappa shape index (κ3) is 3.52. The number of carbonyl (C=O) groups is 1. The molecule has 1 aromatic heterocycles. The molecule has 102 valence electrons. The molecule has 0 radical (unpaired) electrons. The smallest absolute Gasteiger partial charge is 0.251 e. The summed E-state index contributed by atoms with van der Waals surface area (Å²) < 4.78 is 5.06. The van der Waals surface area contributed by atoms with E-state index in [4.69, 9.17) is 9.84 Å². The van der Waals surface area contributed by atoms with Gasteiger partial charge in [0.1, 0.15) is 5.82 Å². The molecule has 3 N–H and O–H groups in total. The van der Waals surface area contributed by atoms with Crippen LogP contribution in [-0.4, -0.2) is 47.3 Å². The fraction of sp³-hybridized carbons (Fsp3) is 0.385. The van der Waals surface area contributed by atoms with E-state index < -0.39 is 0 Å². The van der Waals surface area contributed by atoms with Gasteiger partial charge in [-0.25, -0.2) is 4.98 Å². The molecular formula is C13H17N3O3. The monoisotopic (exact) mass is 263 g/mol. The Kier molecular flexibility index (Phi) is 4.48. The van der Waals surface area contributed by atoms with Crippen molar-refractivity contribution in [1.82, 2.24) is 15.3 Å². The molecule has 1 aromatic carbocycles. The van der Waals surface area contributed by atoms with Crippen LogP contribution in [0.15, 0.2) is 18.2 Å². The van der Waals surface area contributed by atoms with E-state index in [2.05, 4.69) is 15.3 Å². The van der Waals surface area contributed by atoms with E-state index in [1.807, 2.05) is 13.0 Å². The Hall–Kier alpha value is -1.92. The zero-order valence-electron chi connectivity index (χ0n) is 10.8. The molecule has 0 aliphatic heterocycles. The van der Waals surface area contributed by atoms with Crippen LogP contribution in [0.25, 0.3) is 11.0 Å². The van der Waals surface area contributed by atoms with Crippen molar-refractivity contribution < 1.29 is 14.6 Å². The standard InChI is InChI=1S/C13H17N3O3/c1-9-15-11-3-2-10(8-12(11)16-9)13(18)14-4-6-19-7-5-17/h2-3,8,17H,4-7H2,1H3,(H,14,18)(H,15,16). The zero-order valence-corrected chi connectivity index (χ0v) is 10.8. The third-order valence-electron chi connectivity index (χ3n) is 2.63. The number of hydrogen-bond acceptors (Lipinski definition) is 4. The van der Waals surface area contributed by atoms with Crippen molar-refractivity contribution >= 4 is 16.9 Å². The first-order valence-electron chi connectivity index (χ1n) is 6.14. The highest BCUT2D eigenvalue weighted by molar-refractivity contribution is 5.97. The summed E-state index contributed by atoms with van der Waals surface area (Å²) in [5.41, 5.74) is 2.28. The van der Waals surface area contributed by atoms with E-state index >= 15 is 0 Å². The van der Waals surface area contributed by atoms with Crippen LogP contribution in [0.3, 0.4) is 0 Å². The molecule has 1 amide bonds. The molecule has 1 heterocycles. The lowest BCUT2D eigenvalue weighted by molar-refractivity contribution is 0.0838. The summed E-state index contributed by atoms with van der Waals surface area (Å²) >= 11 is 0. The average Bonchev–Trinajstić information content (AvgIpc) is 2.77. The number of amides is 1. The van der Waals surface area contributed by atoms with Gasteiger partial charge in [0.15, 0.2) is 0 Å². The zero-order chi connectivity index (χ0) is 13.7. The fourth-order valence-corrected chi connectivity index (χ4v) is 1.78. The summed E-state index contributed by atoms with van der Waals surface area (Å²) in [4.78, 5) is 19.3. The molecule has 0 saturated carbocycles. The Bertz CT molecular complexity index is 565. The lowest BCUT2D eigenvalue weighted by atomic mass is 10.2. The van der Waals surface area contributed by atoms with Gasteiger partial charge in [0, 0.05) is 12.1 Å². The van der Waals surface area contributed by atoms with Crippen LogP contribution in [0.1, 0.15) is 16.2 Å². The summed E-state index contributed by atoms with van der Waals surface area (Å²) in [5.74, 6) is 0.673. The molecular weight excluding hydrogens is 246 g/mol. The second kappa shape index (κ2) is 6.31. The first-order chi connectivity index (χ1) is 9.20. The van der Waals surface area contributed by atoms with Crippen molar-refractivity contribution in [1.29, 1.82) is 0 Å². The number of fused-ring (bicyclic) bond motifs is 1. The van der Waals surface area contributed by atoms with Crippen molar-refractivity contribution in [2.24, 2.45) is 0 Å². The summed E-state index contributed by atoms with van der Waals surface area (Å²) in [6.07, 6.45) is 0. The van der Waals surface area contributed by atoms with E-state index in [1.54, 1.807) is 12.1 Å². The predicted octanol–water partition coefficient (Wildman–Crippen LogP) is 0.610. The lowest BCUT2D eigenvalue weighted by Crippen LogP contribution is -2.27. The average molecular weight is 263 g/mol. The van der Waals surface area contributed by atoms with Crippen molar-refractivity contribution in [2.45, 2.75) is 6.92 Å². The first kappa shape index (κ1) is 13.5. The van der Waals surface area contributed by atoms with Crippen molar-refractivity contribution in [3.05, 3.63) is 29.6 Å². The normalized spacial score (nSPS) is 10.8. The number of carbonyl (C=O) groups excluding carboxylic acids is 1. The summed E-state index contributed by atoms with van der Waals surface area (Å²) in [6, 6.07) is 5.34. The van der Waals surface area contributed by atoms with Gasteiger partial charge in [0.25, 0.3) is 5.91 Å². The number of aliphatic hydroxyl groups is 1. The number of benzene rings is 1. The highest BCUT2D eigenvalue weighted by atomic mass is 16.5. The van der Waals surface area contributed by atoms with Gasteiger partial charge in [-0.3, -0.25) is 4.79 Å². The molecule has 0 aliphatic rings. The SMILES string of the molecule is Cc1nc2ccc(C(=O)NCCOCCO)cc2[nH]1. The molecule has 0 aliphatic carbocycles. The van der Waals surface area contributed by atoms with Crippen LogP contribution in [0, 0.1) is 6.92 Å². The van der Waals surface area contributed by atoms with Gasteiger partial charge < -0.3 is 20.1 Å². The topological polar surface area (TPSA) is 87.2 Å². The van der Waals surface area contributed by atoms with Crippen molar-refractivity contribution in [3.63, 3.8) is 0 Å². The Balaban J connectivity index is 1.93. The van der Waals surface area contributed by atoms with E-state index in [0.29, 0.717) is 18.7 Å². The van der Waals surface area contributed by atoms with Gasteiger partial charge in [0.2, 0.25) is 0 Å². The minimum absolute atomic E-state index is 0.0101. The third-order valence-corrected chi connectivity index (χ3v) is 2.63. The number of aromatic amines is 1. The lowest BCUT2D eigenvalue weighted by Gasteiger charge is -2.05. The number of aromatic nitrogens is 2. The van der Waals surface area contributed by atoms with Crippen LogP contribution < -0.4 is 5.32 Å². The molecule has 6 nitrogen and oxygen atoms in total. The van der Waals surface area contributed by atoms with Gasteiger partial charge in [-0.15, -0.1) is 0 Å². The minimum atomic E-state index is -0.151. The largest absolute Gasteiger partial charge is 0.394 e. The number of nitrogens with zero attached hydrogens (tertiary/aromatic N) is 1. The van der Waals surface area contributed by atoms with Gasteiger partial charge in [0.05, 0.1) is 30.9 Å². The Morgan fingerprint density at radius 1 is 1.47 bits per heavy atom. The van der Waals surface area contributed by atoms with Crippen LogP contribution in [-0.2, 0) is 4.74 Å². The van der Waals surface area contributed by atoms with E-state index in [-0.39, 0.29) is 19.1 Å². The van der Waals surface area contributed by atoms with Crippen LogP contribution in [0.2, 0.25) is 0 Å². The highest BCUT2D eigenvalue weighted by Gasteiger charge is 2.07. The number of ether oxygens (including phenoxy) is 1. The number of nitrogens with one attached hydrogen (secondary N) is 2. The number of aliphatic hydroxyl groups excluding tert-OH is 1. The Morgan fingerprint density at radius 2 is 2.32 bits per heavy atom. The molecule has 0 saturated heterocycles. The van der Waals surface area contributed by atoms with E-state index in [0.717, 1.165) is 16.9 Å². The Labute approximate surface area is 110 Å². The van der Waals surface area contributed by atoms with Gasteiger partial charge >= 0.3 is 0 Å². The van der Waals surface area contributed by atoms with Gasteiger partial charge in [-0.05, 0) is 25.1 Å². The van der Waals surface area contributed by atoms with E-state index in [1.165, 1.54) is 0 Å². The molecule has 0 atom stereocenters. The fourth-order valence-electron chi connectivity index (χ4n) is 1.78. The second-order valence-corrected chi connectivity index (χ2v) is 4.15.